The van der Waals surface area contributed by atoms with E-state index in [1.54, 1.807) is 6.07 Å². The SMILES string of the molecule is Oc1ccc(-c2csc(NCc3ccccc3)n2)c(O)c1. The molecular formula is C16H14N2O2S. The highest BCUT2D eigenvalue weighted by Gasteiger charge is 2.09. The minimum absolute atomic E-state index is 0.0231. The monoisotopic (exact) mass is 298 g/mol. The molecule has 0 aliphatic carbocycles. The standard InChI is InChI=1S/C16H14N2O2S/c19-12-6-7-13(15(20)8-12)14-10-21-16(18-14)17-9-11-4-2-1-3-5-11/h1-8,10,19-20H,9H2,(H,17,18). The molecular weight excluding hydrogens is 284 g/mol. The quantitative estimate of drug-likeness (QED) is 0.685. The first-order chi connectivity index (χ1) is 10.2. The van der Waals surface area contributed by atoms with Crippen molar-refractivity contribution >= 4 is 16.5 Å². The van der Waals surface area contributed by atoms with Crippen LogP contribution >= 0.6 is 11.3 Å². The van der Waals surface area contributed by atoms with Gasteiger partial charge in [0.2, 0.25) is 0 Å². The normalized spacial score (nSPS) is 10.5. The Kier molecular flexibility index (Phi) is 3.75. The summed E-state index contributed by atoms with van der Waals surface area (Å²) < 4.78 is 0. The lowest BCUT2D eigenvalue weighted by Gasteiger charge is -2.03. The van der Waals surface area contributed by atoms with Gasteiger partial charge in [-0.3, -0.25) is 0 Å². The van der Waals surface area contributed by atoms with Gasteiger partial charge in [-0.2, -0.15) is 0 Å². The lowest BCUT2D eigenvalue weighted by molar-refractivity contribution is 0.452. The van der Waals surface area contributed by atoms with E-state index < -0.39 is 0 Å². The van der Waals surface area contributed by atoms with Crippen molar-refractivity contribution in [3.8, 4) is 22.8 Å². The summed E-state index contributed by atoms with van der Waals surface area (Å²) in [4.78, 5) is 4.45. The van der Waals surface area contributed by atoms with Crippen molar-refractivity contribution in [1.29, 1.82) is 0 Å². The molecule has 0 fully saturated rings. The molecule has 0 saturated heterocycles. The number of rotatable bonds is 4. The summed E-state index contributed by atoms with van der Waals surface area (Å²) >= 11 is 1.48. The van der Waals surface area contributed by atoms with Crippen LogP contribution in [0.5, 0.6) is 11.5 Å². The summed E-state index contributed by atoms with van der Waals surface area (Å²) in [5.74, 6) is 0.0591. The maximum Gasteiger partial charge on any atom is 0.183 e. The number of nitrogens with one attached hydrogen (secondary N) is 1. The van der Waals surface area contributed by atoms with Crippen molar-refractivity contribution in [2.45, 2.75) is 6.54 Å². The summed E-state index contributed by atoms with van der Waals surface area (Å²) in [5.41, 5.74) is 2.48. The number of phenols is 2. The molecule has 5 heteroatoms. The Bertz CT molecular complexity index is 741. The van der Waals surface area contributed by atoms with Gasteiger partial charge in [-0.1, -0.05) is 30.3 Å². The minimum atomic E-state index is 0.0231. The van der Waals surface area contributed by atoms with Gasteiger partial charge in [0.05, 0.1) is 5.69 Å². The van der Waals surface area contributed by atoms with E-state index in [1.807, 2.05) is 35.7 Å². The second-order valence-electron chi connectivity index (χ2n) is 4.58. The highest BCUT2D eigenvalue weighted by Crippen LogP contribution is 2.33. The van der Waals surface area contributed by atoms with E-state index in [4.69, 9.17) is 0 Å². The molecule has 4 nitrogen and oxygen atoms in total. The average Bonchev–Trinajstić information content (AvgIpc) is 2.95. The van der Waals surface area contributed by atoms with Crippen molar-refractivity contribution < 1.29 is 10.2 Å². The zero-order chi connectivity index (χ0) is 14.7. The number of hydrogen-bond acceptors (Lipinski definition) is 5. The van der Waals surface area contributed by atoms with Crippen LogP contribution in [-0.4, -0.2) is 15.2 Å². The van der Waals surface area contributed by atoms with Gasteiger partial charge in [-0.05, 0) is 17.7 Å². The number of thiazole rings is 1. The predicted octanol–water partition coefficient (Wildman–Crippen LogP) is 3.83. The van der Waals surface area contributed by atoms with E-state index in [0.29, 0.717) is 17.8 Å². The Morgan fingerprint density at radius 2 is 1.86 bits per heavy atom. The number of hydrogen-bond donors (Lipinski definition) is 3. The third-order valence-electron chi connectivity index (χ3n) is 3.05. The van der Waals surface area contributed by atoms with Crippen LogP contribution in [0.4, 0.5) is 5.13 Å². The van der Waals surface area contributed by atoms with E-state index in [2.05, 4.69) is 10.3 Å². The molecule has 3 N–H and O–H groups in total. The molecule has 2 aromatic carbocycles. The maximum atomic E-state index is 9.85. The van der Waals surface area contributed by atoms with Crippen LogP contribution in [0.2, 0.25) is 0 Å². The molecule has 3 aromatic rings. The van der Waals surface area contributed by atoms with Crippen LogP contribution in [0.3, 0.4) is 0 Å². The molecule has 0 aliphatic rings. The zero-order valence-corrected chi connectivity index (χ0v) is 12.0. The largest absolute Gasteiger partial charge is 0.508 e. The fraction of sp³-hybridized carbons (Fsp3) is 0.0625. The molecule has 106 valence electrons. The third kappa shape index (κ3) is 3.14. The van der Waals surface area contributed by atoms with Gasteiger partial charge < -0.3 is 15.5 Å². The van der Waals surface area contributed by atoms with Crippen LogP contribution in [0.15, 0.2) is 53.9 Å². The van der Waals surface area contributed by atoms with E-state index in [9.17, 15) is 10.2 Å². The maximum absolute atomic E-state index is 9.85. The number of benzene rings is 2. The first-order valence-electron chi connectivity index (χ1n) is 6.48. The fourth-order valence-corrected chi connectivity index (χ4v) is 2.70. The molecule has 0 unspecified atom stereocenters. The smallest absolute Gasteiger partial charge is 0.183 e. The summed E-state index contributed by atoms with van der Waals surface area (Å²) in [6.45, 7) is 0.704. The Morgan fingerprint density at radius 3 is 2.62 bits per heavy atom. The summed E-state index contributed by atoms with van der Waals surface area (Å²) in [5, 5.41) is 25.1. The van der Waals surface area contributed by atoms with Crippen LogP contribution in [0.25, 0.3) is 11.3 Å². The van der Waals surface area contributed by atoms with Crippen molar-refractivity contribution in [2.24, 2.45) is 0 Å². The Morgan fingerprint density at radius 1 is 1.05 bits per heavy atom. The summed E-state index contributed by atoms with van der Waals surface area (Å²) in [6.07, 6.45) is 0. The second-order valence-corrected chi connectivity index (χ2v) is 5.44. The van der Waals surface area contributed by atoms with Crippen LogP contribution < -0.4 is 5.32 Å². The van der Waals surface area contributed by atoms with Crippen molar-refractivity contribution in [1.82, 2.24) is 4.98 Å². The van der Waals surface area contributed by atoms with Gasteiger partial charge in [0.15, 0.2) is 5.13 Å². The van der Waals surface area contributed by atoms with Gasteiger partial charge >= 0.3 is 0 Å². The fourth-order valence-electron chi connectivity index (χ4n) is 1.99. The first-order valence-corrected chi connectivity index (χ1v) is 7.36. The average molecular weight is 298 g/mol. The lowest BCUT2D eigenvalue weighted by atomic mass is 10.1. The van der Waals surface area contributed by atoms with E-state index >= 15 is 0 Å². The molecule has 0 spiro atoms. The zero-order valence-electron chi connectivity index (χ0n) is 11.2. The van der Waals surface area contributed by atoms with Crippen LogP contribution in [0.1, 0.15) is 5.56 Å². The first kappa shape index (κ1) is 13.5. The molecule has 1 aromatic heterocycles. The molecule has 21 heavy (non-hydrogen) atoms. The highest BCUT2D eigenvalue weighted by atomic mass is 32.1. The number of nitrogens with zero attached hydrogens (tertiary/aromatic N) is 1. The van der Waals surface area contributed by atoms with E-state index in [-0.39, 0.29) is 11.5 Å². The number of aromatic nitrogens is 1. The van der Waals surface area contributed by atoms with Crippen molar-refractivity contribution in [3.05, 3.63) is 59.5 Å². The van der Waals surface area contributed by atoms with Gasteiger partial charge in [0.25, 0.3) is 0 Å². The molecule has 0 aliphatic heterocycles. The number of aromatic hydroxyl groups is 2. The lowest BCUT2D eigenvalue weighted by Crippen LogP contribution is -1.98. The number of phenolic OH excluding ortho intramolecular Hbond substituents is 2. The van der Waals surface area contributed by atoms with E-state index in [0.717, 1.165) is 5.13 Å². The molecule has 0 saturated carbocycles. The van der Waals surface area contributed by atoms with Crippen LogP contribution in [-0.2, 0) is 6.54 Å². The Balaban J connectivity index is 1.74. The van der Waals surface area contributed by atoms with Gasteiger partial charge in [0.1, 0.15) is 11.5 Å². The third-order valence-corrected chi connectivity index (χ3v) is 3.85. The summed E-state index contributed by atoms with van der Waals surface area (Å²) in [7, 11) is 0. The van der Waals surface area contributed by atoms with Crippen molar-refractivity contribution in [3.63, 3.8) is 0 Å². The van der Waals surface area contributed by atoms with E-state index in [1.165, 1.54) is 29.0 Å². The molecule has 0 amide bonds. The minimum Gasteiger partial charge on any atom is -0.508 e. The molecule has 3 rings (SSSR count). The van der Waals surface area contributed by atoms with Gasteiger partial charge in [0, 0.05) is 23.6 Å². The van der Waals surface area contributed by atoms with Crippen LogP contribution in [0, 0.1) is 0 Å². The van der Waals surface area contributed by atoms with Gasteiger partial charge in [-0.15, -0.1) is 11.3 Å². The molecule has 0 atom stereocenters. The van der Waals surface area contributed by atoms with Crippen molar-refractivity contribution in [2.75, 3.05) is 5.32 Å². The predicted molar refractivity (Wildman–Crippen MR) is 84.6 cm³/mol. The molecule has 1 heterocycles. The summed E-state index contributed by atoms with van der Waals surface area (Å²) in [6, 6.07) is 14.6. The number of anilines is 1. The Labute approximate surface area is 126 Å². The van der Waals surface area contributed by atoms with Gasteiger partial charge in [-0.25, -0.2) is 4.98 Å². The second kappa shape index (κ2) is 5.85. The highest BCUT2D eigenvalue weighted by molar-refractivity contribution is 7.14. The topological polar surface area (TPSA) is 65.4 Å². The molecule has 0 radical (unpaired) electrons. The molecule has 0 bridgehead atoms. The Hall–Kier alpha value is -2.53.